The summed E-state index contributed by atoms with van der Waals surface area (Å²) in [6.45, 7) is 5.13. The maximum absolute atomic E-state index is 11.1. The molecule has 0 bridgehead atoms. The lowest BCUT2D eigenvalue weighted by Crippen LogP contribution is -2.15. The molecule has 16 heavy (non-hydrogen) atoms. The van der Waals surface area contributed by atoms with Crippen LogP contribution in [-0.2, 0) is 19.1 Å². The zero-order chi connectivity index (χ0) is 12.4. The first-order valence-corrected chi connectivity index (χ1v) is 5.13. The number of carbonyl (C=O) groups excluding carboxylic acids is 2. The van der Waals surface area contributed by atoms with Crippen LogP contribution in [0.25, 0.3) is 0 Å². The fourth-order valence-electron chi connectivity index (χ4n) is 0.888. The molecule has 0 aliphatic rings. The minimum Gasteiger partial charge on any atom is -0.460 e. The van der Waals surface area contributed by atoms with Gasteiger partial charge in [0.2, 0.25) is 0 Å². The lowest BCUT2D eigenvalue weighted by atomic mass is 10.2. The topological polar surface area (TPSA) is 72.8 Å². The van der Waals surface area contributed by atoms with Gasteiger partial charge in [-0.25, -0.2) is 4.79 Å². The highest BCUT2D eigenvalue weighted by molar-refractivity contribution is 5.81. The van der Waals surface area contributed by atoms with Crippen LogP contribution in [-0.4, -0.2) is 42.8 Å². The Hall–Kier alpha value is -1.20. The van der Waals surface area contributed by atoms with E-state index in [4.69, 9.17) is 9.84 Å². The molecule has 0 aliphatic heterocycles. The number of ketones is 1. The first-order valence-electron chi connectivity index (χ1n) is 5.13. The molecular weight excluding hydrogens is 212 g/mol. The number of hydrogen-bond donors (Lipinski definition) is 1. The van der Waals surface area contributed by atoms with E-state index in [1.165, 1.54) is 0 Å². The van der Waals surface area contributed by atoms with E-state index in [9.17, 15) is 9.59 Å². The van der Waals surface area contributed by atoms with Crippen LogP contribution in [0.15, 0.2) is 12.7 Å². The van der Waals surface area contributed by atoms with Crippen molar-refractivity contribution in [1.29, 1.82) is 0 Å². The lowest BCUT2D eigenvalue weighted by molar-refractivity contribution is -0.139. The van der Waals surface area contributed by atoms with Gasteiger partial charge in [-0.3, -0.25) is 4.79 Å². The maximum atomic E-state index is 11.1. The van der Waals surface area contributed by atoms with Gasteiger partial charge in [-0.2, -0.15) is 0 Å². The van der Waals surface area contributed by atoms with Crippen LogP contribution in [0, 0.1) is 0 Å². The van der Waals surface area contributed by atoms with Crippen LogP contribution in [0.3, 0.4) is 0 Å². The molecule has 5 nitrogen and oxygen atoms in total. The summed E-state index contributed by atoms with van der Waals surface area (Å²) in [5, 5.41) is 8.94. The number of Topliss-reactive ketones (excluding diaryl/α,β-unsaturated/α-hetero) is 1. The molecule has 5 heteroatoms. The maximum Gasteiger partial charge on any atom is 0.330 e. The van der Waals surface area contributed by atoms with Crippen molar-refractivity contribution in [3.8, 4) is 0 Å². The van der Waals surface area contributed by atoms with Gasteiger partial charge in [0.1, 0.15) is 13.2 Å². The summed E-state index contributed by atoms with van der Waals surface area (Å²) in [6, 6.07) is 0. The van der Waals surface area contributed by atoms with Gasteiger partial charge in [0.15, 0.2) is 5.78 Å². The predicted octanol–water partition coefficient (Wildman–Crippen LogP) is 0.462. The van der Waals surface area contributed by atoms with Crippen molar-refractivity contribution in [3.63, 3.8) is 0 Å². The molecule has 0 rings (SSSR count). The molecule has 0 saturated heterocycles. The Kier molecular flexibility index (Phi) is 8.38. The zero-order valence-electron chi connectivity index (χ0n) is 9.48. The number of aliphatic hydroxyl groups excluding tert-OH is 1. The molecule has 0 amide bonds. The summed E-state index contributed by atoms with van der Waals surface area (Å²) in [5.74, 6) is -0.583. The molecule has 0 aliphatic carbocycles. The number of esters is 1. The van der Waals surface area contributed by atoms with Gasteiger partial charge in [0.05, 0.1) is 12.7 Å². The molecule has 0 aromatic rings. The highest BCUT2D eigenvalue weighted by Gasteiger charge is 2.04. The van der Waals surface area contributed by atoms with Crippen LogP contribution in [0.4, 0.5) is 0 Å². The van der Waals surface area contributed by atoms with E-state index in [0.29, 0.717) is 12.8 Å². The highest BCUT2D eigenvalue weighted by atomic mass is 16.6. The van der Waals surface area contributed by atoms with Crippen LogP contribution in [0.1, 0.15) is 19.8 Å². The molecule has 1 atom stereocenters. The van der Waals surface area contributed by atoms with Gasteiger partial charge in [0.25, 0.3) is 0 Å². The van der Waals surface area contributed by atoms with Gasteiger partial charge >= 0.3 is 5.97 Å². The van der Waals surface area contributed by atoms with E-state index in [-0.39, 0.29) is 25.6 Å². The van der Waals surface area contributed by atoms with E-state index in [0.717, 1.165) is 6.08 Å². The molecular formula is C11H18O5. The lowest BCUT2D eigenvalue weighted by Gasteiger charge is -2.05. The van der Waals surface area contributed by atoms with Gasteiger partial charge in [0, 0.05) is 12.5 Å². The van der Waals surface area contributed by atoms with Crippen molar-refractivity contribution < 1.29 is 24.2 Å². The average molecular weight is 230 g/mol. The SMILES string of the molecule is C=CC(=O)OCCOCC(=O)CCC(C)O. The Bertz CT molecular complexity index is 235. The standard InChI is InChI=1S/C11H18O5/c1-3-11(14)16-7-6-15-8-10(13)5-4-9(2)12/h3,9,12H,1,4-8H2,2H3. The number of carbonyl (C=O) groups is 2. The van der Waals surface area contributed by atoms with E-state index in [2.05, 4.69) is 11.3 Å². The normalized spacial score (nSPS) is 11.9. The van der Waals surface area contributed by atoms with Crippen LogP contribution < -0.4 is 0 Å². The second-order valence-electron chi connectivity index (χ2n) is 3.35. The molecule has 92 valence electrons. The second kappa shape index (κ2) is 9.06. The molecule has 0 aromatic carbocycles. The first kappa shape index (κ1) is 14.8. The van der Waals surface area contributed by atoms with Crippen LogP contribution >= 0.6 is 0 Å². The Labute approximate surface area is 95.0 Å². The van der Waals surface area contributed by atoms with Crippen LogP contribution in [0.2, 0.25) is 0 Å². The molecule has 0 saturated carbocycles. The van der Waals surface area contributed by atoms with E-state index in [1.54, 1.807) is 6.92 Å². The zero-order valence-corrected chi connectivity index (χ0v) is 9.48. The largest absolute Gasteiger partial charge is 0.460 e. The molecule has 0 aromatic heterocycles. The Morgan fingerprint density at radius 3 is 2.69 bits per heavy atom. The monoisotopic (exact) mass is 230 g/mol. The van der Waals surface area contributed by atoms with Crippen LogP contribution in [0.5, 0.6) is 0 Å². The smallest absolute Gasteiger partial charge is 0.330 e. The second-order valence-corrected chi connectivity index (χ2v) is 3.35. The van der Waals surface area contributed by atoms with E-state index < -0.39 is 12.1 Å². The molecule has 0 fully saturated rings. The van der Waals surface area contributed by atoms with Crippen molar-refractivity contribution >= 4 is 11.8 Å². The summed E-state index contributed by atoms with van der Waals surface area (Å²) in [4.78, 5) is 21.7. The van der Waals surface area contributed by atoms with E-state index in [1.807, 2.05) is 0 Å². The third-order valence-corrected chi connectivity index (χ3v) is 1.74. The molecule has 0 spiro atoms. The number of hydrogen-bond acceptors (Lipinski definition) is 5. The Balaban J connectivity index is 3.34. The summed E-state index contributed by atoms with van der Waals surface area (Å²) < 4.78 is 9.62. The fraction of sp³-hybridized carbons (Fsp3) is 0.636. The van der Waals surface area contributed by atoms with Crippen molar-refractivity contribution in [1.82, 2.24) is 0 Å². The molecule has 0 heterocycles. The Morgan fingerprint density at radius 1 is 1.44 bits per heavy atom. The first-order chi connectivity index (χ1) is 7.56. The number of aliphatic hydroxyl groups is 1. The molecule has 0 radical (unpaired) electrons. The quantitative estimate of drug-likeness (QED) is 0.354. The third-order valence-electron chi connectivity index (χ3n) is 1.74. The van der Waals surface area contributed by atoms with Crippen molar-refractivity contribution in [2.45, 2.75) is 25.9 Å². The van der Waals surface area contributed by atoms with Gasteiger partial charge in [-0.1, -0.05) is 6.58 Å². The summed E-state index contributed by atoms with van der Waals surface area (Å²) in [6.07, 6.45) is 1.32. The minimum atomic E-state index is -0.510. The average Bonchev–Trinajstić information content (AvgIpc) is 2.25. The molecule has 1 unspecified atom stereocenters. The highest BCUT2D eigenvalue weighted by Crippen LogP contribution is 1.97. The van der Waals surface area contributed by atoms with Crippen molar-refractivity contribution in [2.24, 2.45) is 0 Å². The number of ether oxygens (including phenoxy) is 2. The van der Waals surface area contributed by atoms with Gasteiger partial charge in [-0.05, 0) is 13.3 Å². The minimum absolute atomic E-state index is 0.0155. The molecule has 1 N–H and O–H groups in total. The fourth-order valence-corrected chi connectivity index (χ4v) is 0.888. The number of rotatable bonds is 9. The third kappa shape index (κ3) is 9.36. The van der Waals surface area contributed by atoms with Crippen molar-refractivity contribution in [3.05, 3.63) is 12.7 Å². The summed E-state index contributed by atoms with van der Waals surface area (Å²) in [5.41, 5.74) is 0. The Morgan fingerprint density at radius 2 is 2.12 bits per heavy atom. The predicted molar refractivity (Wildman–Crippen MR) is 57.9 cm³/mol. The summed E-state index contributed by atoms with van der Waals surface area (Å²) >= 11 is 0. The van der Waals surface area contributed by atoms with Crippen molar-refractivity contribution in [2.75, 3.05) is 19.8 Å². The van der Waals surface area contributed by atoms with Gasteiger partial charge in [-0.15, -0.1) is 0 Å². The van der Waals surface area contributed by atoms with E-state index >= 15 is 0 Å². The van der Waals surface area contributed by atoms with Gasteiger partial charge < -0.3 is 14.6 Å². The summed E-state index contributed by atoms with van der Waals surface area (Å²) in [7, 11) is 0.